The molecule has 0 fully saturated rings. The maximum absolute atomic E-state index is 12.2. The largest absolute Gasteiger partial charge is 0.492 e. The lowest BCUT2D eigenvalue weighted by Crippen LogP contribution is -2.25. The summed E-state index contributed by atoms with van der Waals surface area (Å²) >= 11 is 0. The minimum Gasteiger partial charge on any atom is -0.492 e. The summed E-state index contributed by atoms with van der Waals surface area (Å²) < 4.78 is 13.2. The zero-order valence-corrected chi connectivity index (χ0v) is 17.9. The molecule has 2 aromatic carbocycles. The van der Waals surface area contributed by atoms with Crippen molar-refractivity contribution in [3.05, 3.63) is 84.1 Å². The van der Waals surface area contributed by atoms with Crippen LogP contribution >= 0.6 is 0 Å². The van der Waals surface area contributed by atoms with Crippen LogP contribution in [0, 0.1) is 0 Å². The van der Waals surface area contributed by atoms with Gasteiger partial charge in [0.15, 0.2) is 5.76 Å². The van der Waals surface area contributed by atoms with Crippen LogP contribution in [0.2, 0.25) is 0 Å². The van der Waals surface area contributed by atoms with Crippen molar-refractivity contribution in [3.63, 3.8) is 0 Å². The quantitative estimate of drug-likeness (QED) is 0.409. The number of para-hydroxylation sites is 2. The van der Waals surface area contributed by atoms with E-state index in [2.05, 4.69) is 35.9 Å². The van der Waals surface area contributed by atoms with Crippen molar-refractivity contribution in [1.82, 2.24) is 14.9 Å². The Hall–Kier alpha value is -3.54. The summed E-state index contributed by atoms with van der Waals surface area (Å²) in [6.45, 7) is 5.85. The summed E-state index contributed by atoms with van der Waals surface area (Å²) in [5.41, 5.74) is 3.23. The fraction of sp³-hybridized carbons (Fsp3) is 0.280. The van der Waals surface area contributed by atoms with Crippen molar-refractivity contribution >= 4 is 16.9 Å². The second-order valence-electron chi connectivity index (χ2n) is 7.56. The minimum absolute atomic E-state index is 0.263. The molecular weight excluding hydrogens is 390 g/mol. The van der Waals surface area contributed by atoms with Crippen LogP contribution in [-0.4, -0.2) is 22.1 Å². The number of benzene rings is 2. The van der Waals surface area contributed by atoms with Gasteiger partial charge in [-0.25, -0.2) is 4.98 Å². The molecule has 1 amide bonds. The highest BCUT2D eigenvalue weighted by Crippen LogP contribution is 2.22. The van der Waals surface area contributed by atoms with Crippen molar-refractivity contribution < 1.29 is 13.9 Å². The number of aromatic nitrogens is 2. The van der Waals surface area contributed by atoms with E-state index in [4.69, 9.17) is 14.1 Å². The number of ether oxygens (including phenoxy) is 1. The predicted octanol–water partition coefficient (Wildman–Crippen LogP) is 5.15. The molecule has 0 aliphatic heterocycles. The van der Waals surface area contributed by atoms with Crippen LogP contribution in [0.1, 0.15) is 48.1 Å². The number of carbonyl (C=O) groups is 1. The van der Waals surface area contributed by atoms with Crippen LogP contribution in [0.15, 0.2) is 71.3 Å². The fourth-order valence-electron chi connectivity index (χ4n) is 3.55. The van der Waals surface area contributed by atoms with E-state index < -0.39 is 0 Å². The number of nitrogens with zero attached hydrogens (tertiary/aromatic N) is 2. The summed E-state index contributed by atoms with van der Waals surface area (Å²) in [4.78, 5) is 16.9. The van der Waals surface area contributed by atoms with Gasteiger partial charge in [0.2, 0.25) is 0 Å². The maximum atomic E-state index is 12.2. The number of fused-ring (bicyclic) bond motifs is 1. The molecule has 2 heterocycles. The molecule has 160 valence electrons. The number of imidazole rings is 1. The zero-order chi connectivity index (χ0) is 21.6. The number of carbonyl (C=O) groups excluding carboxylic acids is 1. The van der Waals surface area contributed by atoms with Crippen molar-refractivity contribution in [2.24, 2.45) is 0 Å². The Morgan fingerprint density at radius 3 is 2.68 bits per heavy atom. The Bertz CT molecular complexity index is 1130. The fourth-order valence-corrected chi connectivity index (χ4v) is 3.55. The summed E-state index contributed by atoms with van der Waals surface area (Å²) in [5, 5.41) is 2.88. The Morgan fingerprint density at radius 2 is 1.94 bits per heavy atom. The van der Waals surface area contributed by atoms with Crippen LogP contribution < -0.4 is 10.1 Å². The van der Waals surface area contributed by atoms with Gasteiger partial charge in [0.05, 0.1) is 30.4 Å². The third-order valence-electron chi connectivity index (χ3n) is 5.53. The lowest BCUT2D eigenvalue weighted by molar-refractivity contribution is 0.0921. The lowest BCUT2D eigenvalue weighted by atomic mass is 9.99. The lowest BCUT2D eigenvalue weighted by Gasteiger charge is -2.13. The summed E-state index contributed by atoms with van der Waals surface area (Å²) in [7, 11) is 0. The van der Waals surface area contributed by atoms with Gasteiger partial charge in [0.25, 0.3) is 5.91 Å². The molecule has 4 aromatic rings. The van der Waals surface area contributed by atoms with Crippen LogP contribution in [0.4, 0.5) is 0 Å². The van der Waals surface area contributed by atoms with Crippen LogP contribution in [0.5, 0.6) is 5.75 Å². The Morgan fingerprint density at radius 1 is 1.13 bits per heavy atom. The molecular formula is C25H27N3O3. The standard InChI is InChI=1S/C25H27N3O3/c1-3-18(2)19-10-12-20(13-11-19)30-16-14-28-22-8-5-4-7-21(22)27-24(28)17-26-25(29)23-9-6-15-31-23/h4-13,15,18H,3,14,16-17H2,1-2H3,(H,26,29)/t18-/m0/s1. The molecule has 31 heavy (non-hydrogen) atoms. The van der Waals surface area contributed by atoms with Gasteiger partial charge in [-0.2, -0.15) is 0 Å². The van der Waals surface area contributed by atoms with E-state index in [1.807, 2.05) is 36.4 Å². The van der Waals surface area contributed by atoms with Gasteiger partial charge >= 0.3 is 0 Å². The predicted molar refractivity (Wildman–Crippen MR) is 120 cm³/mol. The Labute approximate surface area is 181 Å². The third-order valence-corrected chi connectivity index (χ3v) is 5.53. The number of amides is 1. The average molecular weight is 418 g/mol. The molecule has 4 rings (SSSR count). The van der Waals surface area contributed by atoms with Gasteiger partial charge in [-0.1, -0.05) is 38.1 Å². The Kier molecular flexibility index (Phi) is 6.36. The second kappa shape index (κ2) is 9.51. The topological polar surface area (TPSA) is 69.3 Å². The minimum atomic E-state index is -0.263. The zero-order valence-electron chi connectivity index (χ0n) is 17.9. The van der Waals surface area contributed by atoms with Crippen molar-refractivity contribution in [1.29, 1.82) is 0 Å². The van der Waals surface area contributed by atoms with E-state index in [9.17, 15) is 4.79 Å². The molecule has 0 saturated carbocycles. The summed E-state index contributed by atoms with van der Waals surface area (Å²) in [6, 6.07) is 19.6. The Balaban J connectivity index is 1.43. The second-order valence-corrected chi connectivity index (χ2v) is 7.56. The first kappa shape index (κ1) is 20.7. The van der Waals surface area contributed by atoms with Gasteiger partial charge in [0.1, 0.15) is 18.2 Å². The molecule has 2 aromatic heterocycles. The number of nitrogens with one attached hydrogen (secondary N) is 1. The van der Waals surface area contributed by atoms with Crippen LogP contribution in [-0.2, 0) is 13.1 Å². The highest BCUT2D eigenvalue weighted by molar-refractivity contribution is 5.91. The van der Waals surface area contributed by atoms with Crippen molar-refractivity contribution in [2.75, 3.05) is 6.61 Å². The molecule has 6 heteroatoms. The molecule has 0 saturated heterocycles. The monoisotopic (exact) mass is 417 g/mol. The molecule has 0 aliphatic carbocycles. The maximum Gasteiger partial charge on any atom is 0.287 e. The molecule has 0 radical (unpaired) electrons. The number of furan rings is 1. The number of hydrogen-bond donors (Lipinski definition) is 1. The molecule has 0 spiro atoms. The molecule has 0 aliphatic rings. The first-order chi connectivity index (χ1) is 15.2. The molecule has 1 N–H and O–H groups in total. The molecule has 6 nitrogen and oxygen atoms in total. The van der Waals surface area contributed by atoms with Crippen molar-refractivity contribution in [3.8, 4) is 5.75 Å². The van der Waals surface area contributed by atoms with Crippen LogP contribution in [0.3, 0.4) is 0 Å². The van der Waals surface area contributed by atoms with E-state index in [-0.39, 0.29) is 11.7 Å². The molecule has 1 atom stereocenters. The van der Waals surface area contributed by atoms with E-state index in [1.54, 1.807) is 12.1 Å². The first-order valence-electron chi connectivity index (χ1n) is 10.6. The third kappa shape index (κ3) is 4.79. The van der Waals surface area contributed by atoms with Gasteiger partial charge in [-0.15, -0.1) is 0 Å². The number of rotatable bonds is 9. The smallest absolute Gasteiger partial charge is 0.287 e. The molecule has 0 bridgehead atoms. The number of hydrogen-bond acceptors (Lipinski definition) is 4. The summed E-state index contributed by atoms with van der Waals surface area (Å²) in [6.07, 6.45) is 2.60. The SMILES string of the molecule is CC[C@H](C)c1ccc(OCCn2c(CNC(=O)c3ccco3)nc3ccccc32)cc1. The van der Waals surface area contributed by atoms with Crippen molar-refractivity contribution in [2.45, 2.75) is 39.3 Å². The van der Waals surface area contributed by atoms with Gasteiger partial charge in [-0.3, -0.25) is 4.79 Å². The first-order valence-corrected chi connectivity index (χ1v) is 10.6. The van der Waals surface area contributed by atoms with E-state index in [0.717, 1.165) is 29.0 Å². The highest BCUT2D eigenvalue weighted by Gasteiger charge is 2.14. The molecule has 0 unspecified atom stereocenters. The average Bonchev–Trinajstić information content (AvgIpc) is 3.46. The highest BCUT2D eigenvalue weighted by atomic mass is 16.5. The van der Waals surface area contributed by atoms with Gasteiger partial charge < -0.3 is 19.0 Å². The van der Waals surface area contributed by atoms with E-state index in [0.29, 0.717) is 25.6 Å². The van der Waals surface area contributed by atoms with Crippen LogP contribution in [0.25, 0.3) is 11.0 Å². The van der Waals surface area contributed by atoms with Gasteiger partial charge in [0, 0.05) is 0 Å². The normalized spacial score (nSPS) is 12.1. The van der Waals surface area contributed by atoms with E-state index >= 15 is 0 Å². The summed E-state index contributed by atoms with van der Waals surface area (Å²) in [5.74, 6) is 2.19. The van der Waals surface area contributed by atoms with Gasteiger partial charge in [-0.05, 0) is 54.3 Å². The van der Waals surface area contributed by atoms with E-state index in [1.165, 1.54) is 11.8 Å².